The Bertz CT molecular complexity index is 1440. The van der Waals surface area contributed by atoms with Gasteiger partial charge in [0.25, 0.3) is 0 Å². The first kappa shape index (κ1) is 49.6. The molecule has 324 valence electrons. The number of rotatable bonds is 21. The van der Waals surface area contributed by atoms with Crippen LogP contribution in [0, 0.1) is 23.7 Å². The molecule has 0 saturated carbocycles. The Hall–Kier alpha value is -3.55. The molecule has 57 heavy (non-hydrogen) atoms. The van der Waals surface area contributed by atoms with E-state index in [0.717, 1.165) is 18.4 Å². The molecule has 2 rings (SSSR count). The average molecular weight is 801 g/mol. The molecular weight excluding hydrogens is 725 g/mol. The van der Waals surface area contributed by atoms with Gasteiger partial charge >= 0.3 is 0 Å². The lowest BCUT2D eigenvalue weighted by Crippen LogP contribution is -2.59. The first-order chi connectivity index (χ1) is 26.6. The molecule has 0 radical (unpaired) electrons. The lowest BCUT2D eigenvalue weighted by atomic mass is 9.89. The maximum absolute atomic E-state index is 14.3. The summed E-state index contributed by atoms with van der Waals surface area (Å²) in [5.41, 5.74) is 0.424. The predicted molar refractivity (Wildman–Crippen MR) is 225 cm³/mol. The number of hydrogen-bond donors (Lipinski definition) is 3. The summed E-state index contributed by atoms with van der Waals surface area (Å²) in [7, 11) is 8.55. The van der Waals surface area contributed by atoms with Gasteiger partial charge in [-0.2, -0.15) is 0 Å². The molecule has 5 amide bonds. The number of carbonyl (C=O) groups is 5. The minimum absolute atomic E-state index is 0.0114. The van der Waals surface area contributed by atoms with E-state index < -0.39 is 47.8 Å². The number of amides is 5. The van der Waals surface area contributed by atoms with Gasteiger partial charge in [-0.3, -0.25) is 28.9 Å². The zero-order valence-electron chi connectivity index (χ0n) is 37.7. The van der Waals surface area contributed by atoms with Crippen LogP contribution in [0.1, 0.15) is 100 Å². The SMILES string of the molecule is CC[C@H](C)[C@@H]([C@@H](CC(=O)N1CCCC1[C@H](OC)[C@@H](C)C(=O)N[C@@H](Cc1ccccc1)C(=O)NC(C)(C)C)OC)N(C)C(=O)[C@@H](NC(=O)[C@H](C(C)C)N(C)C)C(C)C. The molecule has 1 saturated heterocycles. The van der Waals surface area contributed by atoms with Crippen molar-refractivity contribution in [2.45, 2.75) is 149 Å². The second kappa shape index (κ2) is 22.6. The molecule has 0 spiro atoms. The molecule has 1 heterocycles. The van der Waals surface area contributed by atoms with Crippen LogP contribution in [0.15, 0.2) is 30.3 Å². The normalized spacial score (nSPS) is 19.0. The number of carbonyl (C=O) groups excluding carboxylic acids is 5. The van der Waals surface area contributed by atoms with E-state index in [4.69, 9.17) is 9.47 Å². The molecular formula is C44H76N6O7. The highest BCUT2D eigenvalue weighted by molar-refractivity contribution is 5.91. The van der Waals surface area contributed by atoms with Crippen molar-refractivity contribution < 1.29 is 33.4 Å². The summed E-state index contributed by atoms with van der Waals surface area (Å²) in [4.78, 5) is 74.7. The van der Waals surface area contributed by atoms with Gasteiger partial charge in [-0.15, -0.1) is 0 Å². The van der Waals surface area contributed by atoms with Crippen LogP contribution in [0.4, 0.5) is 0 Å². The fourth-order valence-corrected chi connectivity index (χ4v) is 8.23. The third kappa shape index (κ3) is 14.1. The highest BCUT2D eigenvalue weighted by Crippen LogP contribution is 2.30. The molecule has 1 aromatic carbocycles. The van der Waals surface area contributed by atoms with E-state index in [1.54, 1.807) is 38.0 Å². The lowest BCUT2D eigenvalue weighted by Gasteiger charge is -2.41. The number of hydrogen-bond acceptors (Lipinski definition) is 8. The predicted octanol–water partition coefficient (Wildman–Crippen LogP) is 4.28. The molecule has 1 fully saturated rings. The summed E-state index contributed by atoms with van der Waals surface area (Å²) in [5, 5.41) is 9.04. The van der Waals surface area contributed by atoms with Gasteiger partial charge in [-0.1, -0.05) is 85.2 Å². The number of benzene rings is 1. The van der Waals surface area contributed by atoms with Crippen LogP contribution in [-0.4, -0.2) is 134 Å². The number of ether oxygens (including phenoxy) is 2. The van der Waals surface area contributed by atoms with Crippen molar-refractivity contribution in [3.63, 3.8) is 0 Å². The van der Waals surface area contributed by atoms with Gasteiger partial charge in [0.1, 0.15) is 12.1 Å². The molecule has 1 aliphatic rings. The van der Waals surface area contributed by atoms with Crippen molar-refractivity contribution in [3.05, 3.63) is 35.9 Å². The third-order valence-electron chi connectivity index (χ3n) is 11.4. The fraction of sp³-hybridized carbons (Fsp3) is 0.750. The molecule has 3 N–H and O–H groups in total. The summed E-state index contributed by atoms with van der Waals surface area (Å²) in [5.74, 6) is -2.07. The van der Waals surface area contributed by atoms with E-state index >= 15 is 0 Å². The van der Waals surface area contributed by atoms with Crippen LogP contribution in [-0.2, 0) is 39.9 Å². The Balaban J connectivity index is 2.32. The van der Waals surface area contributed by atoms with Gasteiger partial charge in [-0.05, 0) is 71.0 Å². The fourth-order valence-electron chi connectivity index (χ4n) is 8.23. The number of likely N-dealkylation sites (tertiary alicyclic amines) is 1. The summed E-state index contributed by atoms with van der Waals surface area (Å²) < 4.78 is 12.0. The van der Waals surface area contributed by atoms with Crippen molar-refractivity contribution >= 4 is 29.5 Å². The summed E-state index contributed by atoms with van der Waals surface area (Å²) in [6.45, 7) is 19.8. The van der Waals surface area contributed by atoms with E-state index in [1.807, 2.05) is 112 Å². The maximum Gasteiger partial charge on any atom is 0.245 e. The Morgan fingerprint density at radius 2 is 1.47 bits per heavy atom. The van der Waals surface area contributed by atoms with E-state index in [2.05, 4.69) is 16.0 Å². The zero-order chi connectivity index (χ0) is 43.4. The smallest absolute Gasteiger partial charge is 0.245 e. The number of nitrogens with one attached hydrogen (secondary N) is 3. The highest BCUT2D eigenvalue weighted by Gasteiger charge is 2.43. The van der Waals surface area contributed by atoms with Gasteiger partial charge in [0.2, 0.25) is 29.5 Å². The van der Waals surface area contributed by atoms with Gasteiger partial charge in [-0.25, -0.2) is 0 Å². The number of nitrogens with zero attached hydrogens (tertiary/aromatic N) is 3. The molecule has 1 unspecified atom stereocenters. The average Bonchev–Trinajstić information content (AvgIpc) is 3.62. The Morgan fingerprint density at radius 3 is 1.96 bits per heavy atom. The Labute approximate surface area is 343 Å². The van der Waals surface area contributed by atoms with Crippen molar-refractivity contribution in [2.24, 2.45) is 23.7 Å². The van der Waals surface area contributed by atoms with Crippen molar-refractivity contribution in [2.75, 3.05) is 41.9 Å². The first-order valence-corrected chi connectivity index (χ1v) is 20.8. The van der Waals surface area contributed by atoms with Crippen LogP contribution >= 0.6 is 0 Å². The molecule has 0 aliphatic carbocycles. The third-order valence-corrected chi connectivity index (χ3v) is 11.4. The largest absolute Gasteiger partial charge is 0.379 e. The van der Waals surface area contributed by atoms with Crippen LogP contribution < -0.4 is 16.0 Å². The lowest BCUT2D eigenvalue weighted by molar-refractivity contribution is -0.148. The highest BCUT2D eigenvalue weighted by atomic mass is 16.5. The van der Waals surface area contributed by atoms with Crippen molar-refractivity contribution in [1.29, 1.82) is 0 Å². The molecule has 13 heteroatoms. The zero-order valence-corrected chi connectivity index (χ0v) is 37.7. The minimum Gasteiger partial charge on any atom is -0.379 e. The van der Waals surface area contributed by atoms with Gasteiger partial charge < -0.3 is 35.2 Å². The minimum atomic E-state index is -0.812. The van der Waals surface area contributed by atoms with Gasteiger partial charge in [0.05, 0.1) is 42.7 Å². The summed E-state index contributed by atoms with van der Waals surface area (Å²) >= 11 is 0. The van der Waals surface area contributed by atoms with E-state index in [9.17, 15) is 24.0 Å². The van der Waals surface area contributed by atoms with E-state index in [0.29, 0.717) is 19.4 Å². The second-order valence-electron chi connectivity index (χ2n) is 18.0. The Morgan fingerprint density at radius 1 is 0.860 bits per heavy atom. The van der Waals surface area contributed by atoms with E-state index in [1.165, 1.54) is 0 Å². The first-order valence-electron chi connectivity index (χ1n) is 20.8. The molecule has 9 atom stereocenters. The second-order valence-corrected chi connectivity index (χ2v) is 18.0. The molecule has 1 aromatic rings. The van der Waals surface area contributed by atoms with Gasteiger partial charge in [0, 0.05) is 39.8 Å². The van der Waals surface area contributed by atoms with Gasteiger partial charge in [0.15, 0.2) is 0 Å². The number of methoxy groups -OCH3 is 2. The van der Waals surface area contributed by atoms with E-state index in [-0.39, 0.29) is 59.8 Å². The summed E-state index contributed by atoms with van der Waals surface area (Å²) in [6.07, 6.45) is 1.16. The quantitative estimate of drug-likeness (QED) is 0.167. The monoisotopic (exact) mass is 801 g/mol. The summed E-state index contributed by atoms with van der Waals surface area (Å²) in [6, 6.07) is 6.72. The number of likely N-dealkylation sites (N-methyl/N-ethyl adjacent to an activating group) is 2. The molecule has 0 bridgehead atoms. The van der Waals surface area contributed by atoms with Crippen molar-refractivity contribution in [1.82, 2.24) is 30.7 Å². The topological polar surface area (TPSA) is 150 Å². The maximum atomic E-state index is 14.3. The van der Waals surface area contributed by atoms with Crippen molar-refractivity contribution in [3.8, 4) is 0 Å². The molecule has 13 nitrogen and oxygen atoms in total. The van der Waals surface area contributed by atoms with Crippen LogP contribution in [0.3, 0.4) is 0 Å². The van der Waals surface area contributed by atoms with Crippen LogP contribution in [0.2, 0.25) is 0 Å². The van der Waals surface area contributed by atoms with Crippen LogP contribution in [0.25, 0.3) is 0 Å². The Kier molecular flexibility index (Phi) is 19.6. The molecule has 1 aliphatic heterocycles. The van der Waals surface area contributed by atoms with Crippen LogP contribution in [0.5, 0.6) is 0 Å². The standard InChI is InChI=1S/C44H76N6O7/c1-16-29(6)38(49(13)43(55)36(27(2)3)46-42(54)37(28(4)5)48(11)12)34(56-14)26-35(51)50-24-20-23-33(50)39(57-15)30(7)40(52)45-32(41(53)47-44(8,9)10)25-31-21-18-17-19-22-31/h17-19,21-22,27-30,32-34,36-39H,16,20,23-26H2,1-15H3,(H,45,52)(H,46,54)(H,47,53)/t29-,30+,32-,33?,34+,36-,37-,38-,39+/m0/s1. The molecule has 0 aromatic heterocycles.